The van der Waals surface area contributed by atoms with Crippen LogP contribution in [0.3, 0.4) is 0 Å². The van der Waals surface area contributed by atoms with E-state index in [2.05, 4.69) is 6.58 Å². The lowest BCUT2D eigenvalue weighted by Crippen LogP contribution is -2.51. The first-order valence-electron chi connectivity index (χ1n) is 4.86. The minimum absolute atomic E-state index is 0.0945. The van der Waals surface area contributed by atoms with Crippen LogP contribution in [0.25, 0.3) is 0 Å². The number of carboxylic acid groups (broad SMARTS) is 2. The van der Waals surface area contributed by atoms with Crippen LogP contribution >= 0.6 is 0 Å². The van der Waals surface area contributed by atoms with E-state index >= 15 is 0 Å². The van der Waals surface area contributed by atoms with E-state index in [1.54, 1.807) is 0 Å². The predicted molar refractivity (Wildman–Crippen MR) is 56.3 cm³/mol. The molecule has 5 N–H and O–H groups in total. The van der Waals surface area contributed by atoms with Crippen molar-refractivity contribution < 1.29 is 35.1 Å². The Hall–Kier alpha value is -1.44. The molecule has 7 nitrogen and oxygen atoms in total. The van der Waals surface area contributed by atoms with E-state index < -0.39 is 42.6 Å². The zero-order valence-electron chi connectivity index (χ0n) is 9.11. The fourth-order valence-corrected chi connectivity index (χ4v) is 1.45. The molecule has 0 aromatic carbocycles. The third-order valence-corrected chi connectivity index (χ3v) is 2.24. The van der Waals surface area contributed by atoms with Crippen LogP contribution in [0.5, 0.6) is 0 Å². The summed E-state index contributed by atoms with van der Waals surface area (Å²) in [5.41, 5.74) is -2.42. The summed E-state index contributed by atoms with van der Waals surface area (Å²) >= 11 is 0. The summed E-state index contributed by atoms with van der Waals surface area (Å²) in [6, 6.07) is 0. The molecule has 0 radical (unpaired) electrons. The second-order valence-electron chi connectivity index (χ2n) is 3.78. The fraction of sp³-hybridized carbons (Fsp3) is 0.600. The van der Waals surface area contributed by atoms with Crippen LogP contribution in [0.1, 0.15) is 19.3 Å². The number of aliphatic carboxylic acids is 2. The van der Waals surface area contributed by atoms with E-state index in [0.29, 0.717) is 0 Å². The monoisotopic (exact) mass is 248 g/mol. The standard InChI is InChI=1S/C10H16O7/c1-2-3-6(11)9(16)10(17,4-7(12)13)5-8(14)15/h2,6,9,11,16-17H,1,3-5H2,(H,12,13)(H,14,15). The van der Waals surface area contributed by atoms with Gasteiger partial charge in [0, 0.05) is 0 Å². The van der Waals surface area contributed by atoms with Gasteiger partial charge in [-0.3, -0.25) is 9.59 Å². The Labute approximate surface area is 97.6 Å². The van der Waals surface area contributed by atoms with Crippen molar-refractivity contribution in [3.63, 3.8) is 0 Å². The van der Waals surface area contributed by atoms with Crippen LogP contribution < -0.4 is 0 Å². The van der Waals surface area contributed by atoms with Gasteiger partial charge in [0.1, 0.15) is 11.7 Å². The molecular weight excluding hydrogens is 232 g/mol. The smallest absolute Gasteiger partial charge is 0.306 e. The van der Waals surface area contributed by atoms with E-state index in [-0.39, 0.29) is 6.42 Å². The van der Waals surface area contributed by atoms with E-state index in [4.69, 9.17) is 10.2 Å². The first-order chi connectivity index (χ1) is 7.73. The average Bonchev–Trinajstić information content (AvgIpc) is 2.14. The summed E-state index contributed by atoms with van der Waals surface area (Å²) in [5, 5.41) is 45.9. The van der Waals surface area contributed by atoms with Crippen LogP contribution in [0, 0.1) is 0 Å². The van der Waals surface area contributed by atoms with Gasteiger partial charge in [0.05, 0.1) is 18.9 Å². The molecule has 0 fully saturated rings. The Bertz CT molecular complexity index is 283. The number of rotatable bonds is 8. The summed E-state index contributed by atoms with van der Waals surface area (Å²) < 4.78 is 0. The van der Waals surface area contributed by atoms with Crippen molar-refractivity contribution in [2.75, 3.05) is 0 Å². The third kappa shape index (κ3) is 4.94. The fourth-order valence-electron chi connectivity index (χ4n) is 1.45. The Morgan fingerprint density at radius 1 is 1.18 bits per heavy atom. The molecule has 98 valence electrons. The van der Waals surface area contributed by atoms with Crippen molar-refractivity contribution in [1.82, 2.24) is 0 Å². The molecule has 0 bridgehead atoms. The van der Waals surface area contributed by atoms with Crippen LogP contribution in [-0.2, 0) is 9.59 Å². The molecule has 7 heteroatoms. The summed E-state index contributed by atoms with van der Waals surface area (Å²) in [6.45, 7) is 3.30. The molecule has 0 saturated carbocycles. The Morgan fingerprint density at radius 3 is 1.88 bits per heavy atom. The summed E-state index contributed by atoms with van der Waals surface area (Å²) in [7, 11) is 0. The first-order valence-corrected chi connectivity index (χ1v) is 4.86. The average molecular weight is 248 g/mol. The van der Waals surface area contributed by atoms with Crippen molar-refractivity contribution >= 4 is 11.9 Å². The van der Waals surface area contributed by atoms with Crippen LogP contribution in [0.2, 0.25) is 0 Å². The summed E-state index contributed by atoms with van der Waals surface area (Å²) in [6.07, 6.45) is -4.15. The molecule has 0 aromatic rings. The molecule has 0 saturated heterocycles. The largest absolute Gasteiger partial charge is 0.481 e. The molecule has 0 heterocycles. The number of carbonyl (C=O) groups is 2. The van der Waals surface area contributed by atoms with E-state index in [0.717, 1.165) is 0 Å². The number of hydrogen-bond donors (Lipinski definition) is 5. The second kappa shape index (κ2) is 6.33. The highest BCUT2D eigenvalue weighted by Gasteiger charge is 2.43. The summed E-state index contributed by atoms with van der Waals surface area (Å²) in [5.74, 6) is -2.95. The molecule has 0 aliphatic rings. The molecular formula is C10H16O7. The molecule has 0 aromatic heterocycles. The van der Waals surface area contributed by atoms with Gasteiger partial charge in [-0.05, 0) is 6.42 Å². The first kappa shape index (κ1) is 15.6. The molecule has 0 rings (SSSR count). The van der Waals surface area contributed by atoms with E-state index in [9.17, 15) is 24.9 Å². The molecule has 2 unspecified atom stereocenters. The lowest BCUT2D eigenvalue weighted by Gasteiger charge is -2.32. The quantitative estimate of drug-likeness (QED) is 0.346. The van der Waals surface area contributed by atoms with Gasteiger partial charge >= 0.3 is 11.9 Å². The maximum atomic E-state index is 10.5. The molecule has 17 heavy (non-hydrogen) atoms. The van der Waals surface area contributed by atoms with Crippen LogP contribution in [-0.4, -0.2) is 55.3 Å². The lowest BCUT2D eigenvalue weighted by molar-refractivity contribution is -0.168. The maximum Gasteiger partial charge on any atom is 0.306 e. The SMILES string of the molecule is C=CCC(O)C(O)C(O)(CC(=O)O)CC(=O)O. The Balaban J connectivity index is 4.94. The van der Waals surface area contributed by atoms with Gasteiger partial charge in [0.2, 0.25) is 0 Å². The second-order valence-corrected chi connectivity index (χ2v) is 3.78. The van der Waals surface area contributed by atoms with Gasteiger partial charge in [-0.1, -0.05) is 6.08 Å². The van der Waals surface area contributed by atoms with Crippen LogP contribution in [0.4, 0.5) is 0 Å². The third-order valence-electron chi connectivity index (χ3n) is 2.24. The van der Waals surface area contributed by atoms with Gasteiger partial charge < -0.3 is 25.5 Å². The van der Waals surface area contributed by atoms with Crippen molar-refractivity contribution in [3.05, 3.63) is 12.7 Å². The van der Waals surface area contributed by atoms with Crippen LogP contribution in [0.15, 0.2) is 12.7 Å². The minimum Gasteiger partial charge on any atom is -0.481 e. The lowest BCUT2D eigenvalue weighted by atomic mass is 9.85. The Kier molecular flexibility index (Phi) is 5.80. The minimum atomic E-state index is -2.42. The molecule has 2 atom stereocenters. The zero-order chi connectivity index (χ0) is 13.6. The molecule has 0 amide bonds. The highest BCUT2D eigenvalue weighted by atomic mass is 16.4. The van der Waals surface area contributed by atoms with Gasteiger partial charge in [-0.25, -0.2) is 0 Å². The van der Waals surface area contributed by atoms with Crippen molar-refractivity contribution in [3.8, 4) is 0 Å². The predicted octanol–water partition coefficient (Wildman–Crippen LogP) is -1.04. The molecule has 0 spiro atoms. The number of hydrogen-bond acceptors (Lipinski definition) is 5. The molecule has 0 aliphatic heterocycles. The molecule has 0 aliphatic carbocycles. The van der Waals surface area contributed by atoms with E-state index in [1.807, 2.05) is 0 Å². The van der Waals surface area contributed by atoms with Gasteiger partial charge in [0.15, 0.2) is 0 Å². The van der Waals surface area contributed by atoms with Crippen molar-refractivity contribution in [2.45, 2.75) is 37.1 Å². The zero-order valence-corrected chi connectivity index (χ0v) is 9.11. The van der Waals surface area contributed by atoms with E-state index in [1.165, 1.54) is 6.08 Å². The topological polar surface area (TPSA) is 135 Å². The number of aliphatic hydroxyl groups is 3. The highest BCUT2D eigenvalue weighted by molar-refractivity contribution is 5.72. The van der Waals surface area contributed by atoms with Gasteiger partial charge in [-0.15, -0.1) is 6.58 Å². The number of aliphatic hydroxyl groups excluding tert-OH is 2. The number of carboxylic acids is 2. The van der Waals surface area contributed by atoms with Gasteiger partial charge in [-0.2, -0.15) is 0 Å². The Morgan fingerprint density at radius 2 is 1.59 bits per heavy atom. The van der Waals surface area contributed by atoms with Crippen molar-refractivity contribution in [2.24, 2.45) is 0 Å². The maximum absolute atomic E-state index is 10.5. The normalized spacial score (nSPS) is 15.0. The summed E-state index contributed by atoms with van der Waals surface area (Å²) in [4.78, 5) is 21.0. The van der Waals surface area contributed by atoms with Crippen molar-refractivity contribution in [1.29, 1.82) is 0 Å². The highest BCUT2D eigenvalue weighted by Crippen LogP contribution is 2.24. The van der Waals surface area contributed by atoms with Gasteiger partial charge in [0.25, 0.3) is 0 Å².